The maximum Gasteiger partial charge on any atom is 0.0317 e. The fourth-order valence-corrected chi connectivity index (χ4v) is 2.55. The third-order valence-electron chi connectivity index (χ3n) is 2.51. The van der Waals surface area contributed by atoms with Crippen LogP contribution >= 0.6 is 11.8 Å². The van der Waals surface area contributed by atoms with Gasteiger partial charge in [-0.2, -0.15) is 0 Å². The summed E-state index contributed by atoms with van der Waals surface area (Å²) < 4.78 is 0. The van der Waals surface area contributed by atoms with Crippen molar-refractivity contribution in [2.75, 3.05) is 5.73 Å². The fourth-order valence-electron chi connectivity index (χ4n) is 1.58. The van der Waals surface area contributed by atoms with Gasteiger partial charge in [0.25, 0.3) is 0 Å². The van der Waals surface area contributed by atoms with Crippen LogP contribution in [0, 0.1) is 13.8 Å². The van der Waals surface area contributed by atoms with Gasteiger partial charge in [-0.25, -0.2) is 0 Å². The normalized spacial score (nSPS) is 10.4. The van der Waals surface area contributed by atoms with E-state index < -0.39 is 0 Å². The van der Waals surface area contributed by atoms with E-state index in [4.69, 9.17) is 5.73 Å². The van der Waals surface area contributed by atoms with Gasteiger partial charge < -0.3 is 5.73 Å². The maximum absolute atomic E-state index is 5.74. The molecule has 0 spiro atoms. The van der Waals surface area contributed by atoms with E-state index in [1.807, 2.05) is 12.1 Å². The van der Waals surface area contributed by atoms with Crippen molar-refractivity contribution in [2.24, 2.45) is 0 Å². The smallest absolute Gasteiger partial charge is 0.0317 e. The molecular weight excluding hydrogens is 214 g/mol. The second-order valence-corrected chi connectivity index (χ2v) is 4.98. The first-order valence-electron chi connectivity index (χ1n) is 5.26. The highest BCUT2D eigenvalue weighted by molar-refractivity contribution is 7.99. The molecular formula is C14H15NS. The lowest BCUT2D eigenvalue weighted by molar-refractivity contribution is 1.26. The summed E-state index contributed by atoms with van der Waals surface area (Å²) in [4.78, 5) is 2.57. The Balaban J connectivity index is 2.31. The SMILES string of the molecule is Cc1ccccc1Sc1ccc(N)cc1C. The van der Waals surface area contributed by atoms with Crippen LogP contribution < -0.4 is 5.73 Å². The molecule has 0 aliphatic carbocycles. The number of rotatable bonds is 2. The first-order valence-corrected chi connectivity index (χ1v) is 6.08. The molecule has 0 saturated heterocycles. The zero-order valence-corrected chi connectivity index (χ0v) is 10.3. The van der Waals surface area contributed by atoms with Crippen molar-refractivity contribution in [3.05, 3.63) is 53.6 Å². The summed E-state index contributed by atoms with van der Waals surface area (Å²) in [6.07, 6.45) is 0. The monoisotopic (exact) mass is 229 g/mol. The van der Waals surface area contributed by atoms with Crippen LogP contribution in [0.3, 0.4) is 0 Å². The Morgan fingerprint density at radius 2 is 1.56 bits per heavy atom. The first kappa shape index (κ1) is 11.1. The average molecular weight is 229 g/mol. The molecule has 0 atom stereocenters. The van der Waals surface area contributed by atoms with Crippen LogP contribution in [0.25, 0.3) is 0 Å². The highest BCUT2D eigenvalue weighted by atomic mass is 32.2. The standard InChI is InChI=1S/C14H15NS/c1-10-5-3-4-6-13(10)16-14-8-7-12(15)9-11(14)2/h3-9H,15H2,1-2H3. The first-order chi connectivity index (χ1) is 7.66. The summed E-state index contributed by atoms with van der Waals surface area (Å²) in [6.45, 7) is 4.23. The van der Waals surface area contributed by atoms with Gasteiger partial charge in [-0.15, -0.1) is 0 Å². The Hall–Kier alpha value is -1.41. The molecule has 2 aromatic rings. The molecule has 0 radical (unpaired) electrons. The lowest BCUT2D eigenvalue weighted by atomic mass is 10.2. The molecule has 0 aliphatic heterocycles. The van der Waals surface area contributed by atoms with Crippen LogP contribution in [-0.4, -0.2) is 0 Å². The largest absolute Gasteiger partial charge is 0.399 e. The van der Waals surface area contributed by atoms with Gasteiger partial charge in [-0.05, 0) is 49.2 Å². The lowest BCUT2D eigenvalue weighted by Crippen LogP contribution is -1.87. The van der Waals surface area contributed by atoms with Crippen molar-refractivity contribution in [1.82, 2.24) is 0 Å². The number of hydrogen-bond acceptors (Lipinski definition) is 2. The minimum Gasteiger partial charge on any atom is -0.399 e. The zero-order valence-electron chi connectivity index (χ0n) is 9.53. The van der Waals surface area contributed by atoms with E-state index in [0.717, 1.165) is 5.69 Å². The Kier molecular flexibility index (Phi) is 3.20. The van der Waals surface area contributed by atoms with Crippen molar-refractivity contribution in [1.29, 1.82) is 0 Å². The minimum atomic E-state index is 0.826. The van der Waals surface area contributed by atoms with E-state index in [9.17, 15) is 0 Å². The third kappa shape index (κ3) is 2.39. The van der Waals surface area contributed by atoms with Crippen LogP contribution in [0.1, 0.15) is 11.1 Å². The summed E-state index contributed by atoms with van der Waals surface area (Å²) in [7, 11) is 0. The Bertz CT molecular complexity index is 506. The molecule has 1 nitrogen and oxygen atoms in total. The molecule has 0 aliphatic rings. The van der Waals surface area contributed by atoms with Crippen molar-refractivity contribution >= 4 is 17.4 Å². The fraction of sp³-hybridized carbons (Fsp3) is 0.143. The van der Waals surface area contributed by atoms with Gasteiger partial charge in [0.2, 0.25) is 0 Å². The average Bonchev–Trinajstić information content (AvgIpc) is 2.25. The van der Waals surface area contributed by atoms with Crippen molar-refractivity contribution in [2.45, 2.75) is 23.6 Å². The summed E-state index contributed by atoms with van der Waals surface area (Å²) in [5.41, 5.74) is 9.11. The lowest BCUT2D eigenvalue weighted by Gasteiger charge is -2.08. The van der Waals surface area contributed by atoms with Gasteiger partial charge in [-0.1, -0.05) is 30.0 Å². The molecule has 16 heavy (non-hydrogen) atoms. The highest BCUT2D eigenvalue weighted by Gasteiger charge is 2.03. The molecule has 0 unspecified atom stereocenters. The molecule has 2 heteroatoms. The molecule has 82 valence electrons. The van der Waals surface area contributed by atoms with E-state index in [1.165, 1.54) is 20.9 Å². The molecule has 0 saturated carbocycles. The molecule has 2 N–H and O–H groups in total. The second-order valence-electron chi connectivity index (χ2n) is 3.89. The third-order valence-corrected chi connectivity index (χ3v) is 3.87. The van der Waals surface area contributed by atoms with E-state index >= 15 is 0 Å². The summed E-state index contributed by atoms with van der Waals surface area (Å²) in [5.74, 6) is 0. The Morgan fingerprint density at radius 1 is 0.875 bits per heavy atom. The van der Waals surface area contributed by atoms with E-state index in [-0.39, 0.29) is 0 Å². The predicted molar refractivity (Wildman–Crippen MR) is 70.9 cm³/mol. The topological polar surface area (TPSA) is 26.0 Å². The molecule has 0 heterocycles. The van der Waals surface area contributed by atoms with Gasteiger partial charge in [-0.3, -0.25) is 0 Å². The summed E-state index contributed by atoms with van der Waals surface area (Å²) in [6, 6.07) is 14.5. The van der Waals surface area contributed by atoms with Crippen LogP contribution in [0.5, 0.6) is 0 Å². The van der Waals surface area contributed by atoms with Gasteiger partial charge in [0.1, 0.15) is 0 Å². The number of anilines is 1. The summed E-state index contributed by atoms with van der Waals surface area (Å²) >= 11 is 1.79. The van der Waals surface area contributed by atoms with Gasteiger partial charge in [0.05, 0.1) is 0 Å². The Labute approximate surface area is 101 Å². The molecule has 2 aromatic carbocycles. The van der Waals surface area contributed by atoms with E-state index in [2.05, 4.69) is 44.2 Å². The van der Waals surface area contributed by atoms with Gasteiger partial charge in [0, 0.05) is 15.5 Å². The van der Waals surface area contributed by atoms with Crippen molar-refractivity contribution < 1.29 is 0 Å². The molecule has 0 bridgehead atoms. The van der Waals surface area contributed by atoms with Crippen LogP contribution in [0.15, 0.2) is 52.3 Å². The quantitative estimate of drug-likeness (QED) is 0.787. The predicted octanol–water partition coefficient (Wildman–Crippen LogP) is 4.04. The van der Waals surface area contributed by atoms with Crippen LogP contribution in [0.4, 0.5) is 5.69 Å². The Morgan fingerprint density at radius 3 is 2.25 bits per heavy atom. The number of nitrogen functional groups attached to an aromatic ring is 1. The number of benzene rings is 2. The van der Waals surface area contributed by atoms with Crippen molar-refractivity contribution in [3.8, 4) is 0 Å². The molecule has 0 fully saturated rings. The van der Waals surface area contributed by atoms with Gasteiger partial charge in [0.15, 0.2) is 0 Å². The highest BCUT2D eigenvalue weighted by Crippen LogP contribution is 2.32. The van der Waals surface area contributed by atoms with Crippen LogP contribution in [-0.2, 0) is 0 Å². The molecule has 2 rings (SSSR count). The number of aryl methyl sites for hydroxylation is 2. The molecule has 0 aromatic heterocycles. The second kappa shape index (κ2) is 4.62. The van der Waals surface area contributed by atoms with Crippen molar-refractivity contribution in [3.63, 3.8) is 0 Å². The van der Waals surface area contributed by atoms with Crippen LogP contribution in [0.2, 0.25) is 0 Å². The number of nitrogens with two attached hydrogens (primary N) is 1. The van der Waals surface area contributed by atoms with Gasteiger partial charge >= 0.3 is 0 Å². The van der Waals surface area contributed by atoms with E-state index in [0.29, 0.717) is 0 Å². The summed E-state index contributed by atoms with van der Waals surface area (Å²) in [5, 5.41) is 0. The number of hydrogen-bond donors (Lipinski definition) is 1. The minimum absolute atomic E-state index is 0.826. The van der Waals surface area contributed by atoms with E-state index in [1.54, 1.807) is 11.8 Å². The maximum atomic E-state index is 5.74. The molecule has 0 amide bonds. The zero-order chi connectivity index (χ0) is 11.5.